The predicted molar refractivity (Wildman–Crippen MR) is 65.3 cm³/mol. The van der Waals surface area contributed by atoms with Crippen LogP contribution in [0.25, 0.3) is 10.9 Å². The van der Waals surface area contributed by atoms with Crippen molar-refractivity contribution in [1.29, 1.82) is 0 Å². The van der Waals surface area contributed by atoms with Gasteiger partial charge in [-0.25, -0.2) is 0 Å². The first-order valence-electron chi connectivity index (χ1n) is 5.36. The zero-order valence-electron chi connectivity index (χ0n) is 8.88. The lowest BCUT2D eigenvalue weighted by Crippen LogP contribution is -1.97. The Labute approximate surface area is 94.2 Å². The smallest absolute Gasteiger partial charge is 0.0669 e. The number of aromatic nitrogens is 2. The molecule has 0 amide bonds. The average Bonchev–Trinajstić information content (AvgIpc) is 2.74. The van der Waals surface area contributed by atoms with Crippen molar-refractivity contribution < 1.29 is 0 Å². The third kappa shape index (κ3) is 1.58. The first-order chi connectivity index (χ1) is 7.93. The first-order valence-corrected chi connectivity index (χ1v) is 5.36. The van der Waals surface area contributed by atoms with E-state index in [0.29, 0.717) is 0 Å². The third-order valence-electron chi connectivity index (χ3n) is 2.77. The van der Waals surface area contributed by atoms with Crippen LogP contribution in [0.3, 0.4) is 0 Å². The molecule has 3 aromatic rings. The van der Waals surface area contributed by atoms with Crippen molar-refractivity contribution in [2.75, 3.05) is 0 Å². The fourth-order valence-electron chi connectivity index (χ4n) is 1.95. The lowest BCUT2D eigenvalue weighted by atomic mass is 10.2. The molecular weight excluding hydrogens is 196 g/mol. The number of rotatable bonds is 2. The van der Waals surface area contributed by atoms with Crippen LogP contribution >= 0.6 is 0 Å². The van der Waals surface area contributed by atoms with Gasteiger partial charge < -0.3 is 4.57 Å². The number of hydrogen-bond acceptors (Lipinski definition) is 1. The molecule has 0 atom stereocenters. The molecule has 2 heterocycles. The second-order valence-electron chi connectivity index (χ2n) is 3.86. The fourth-order valence-corrected chi connectivity index (χ4v) is 1.95. The molecular formula is C14H12N2. The van der Waals surface area contributed by atoms with Gasteiger partial charge in [-0.2, -0.15) is 0 Å². The largest absolute Gasteiger partial charge is 0.342 e. The molecule has 1 aromatic carbocycles. The maximum atomic E-state index is 4.17. The Bertz CT molecular complexity index is 596. The summed E-state index contributed by atoms with van der Waals surface area (Å²) < 4.78 is 2.22. The van der Waals surface area contributed by atoms with E-state index >= 15 is 0 Å². The van der Waals surface area contributed by atoms with Crippen LogP contribution in [0, 0.1) is 0 Å². The molecule has 16 heavy (non-hydrogen) atoms. The van der Waals surface area contributed by atoms with Crippen molar-refractivity contribution in [1.82, 2.24) is 9.55 Å². The van der Waals surface area contributed by atoms with Crippen molar-refractivity contribution in [3.63, 3.8) is 0 Å². The van der Waals surface area contributed by atoms with Crippen molar-refractivity contribution in [2.24, 2.45) is 0 Å². The molecule has 0 spiro atoms. The molecule has 3 rings (SSSR count). The minimum Gasteiger partial charge on any atom is -0.342 e. The molecule has 78 valence electrons. The molecule has 0 aliphatic heterocycles. The molecule has 0 N–H and O–H groups in total. The molecule has 0 saturated carbocycles. The molecule has 2 nitrogen and oxygen atoms in total. The van der Waals surface area contributed by atoms with Gasteiger partial charge in [-0.3, -0.25) is 4.98 Å². The number of fused-ring (bicyclic) bond motifs is 1. The maximum Gasteiger partial charge on any atom is 0.0669 e. The van der Waals surface area contributed by atoms with Gasteiger partial charge >= 0.3 is 0 Å². The summed E-state index contributed by atoms with van der Waals surface area (Å²) in [7, 11) is 0. The molecule has 2 heteroatoms. The Morgan fingerprint density at radius 2 is 1.88 bits per heavy atom. The van der Waals surface area contributed by atoms with Crippen molar-refractivity contribution in [3.05, 3.63) is 66.6 Å². The standard InChI is InChI=1S/C14H12N2/c1-2-4-12(5-3-1)11-16-9-7-13-6-8-15-10-14(13)16/h1-10H,11H2. The van der Waals surface area contributed by atoms with E-state index in [-0.39, 0.29) is 0 Å². The van der Waals surface area contributed by atoms with Crippen molar-refractivity contribution >= 4 is 10.9 Å². The predicted octanol–water partition coefficient (Wildman–Crippen LogP) is 3.08. The topological polar surface area (TPSA) is 17.8 Å². The summed E-state index contributed by atoms with van der Waals surface area (Å²) >= 11 is 0. The van der Waals surface area contributed by atoms with Crippen LogP contribution in [-0.4, -0.2) is 9.55 Å². The zero-order chi connectivity index (χ0) is 10.8. The van der Waals surface area contributed by atoms with Crippen LogP contribution in [0.1, 0.15) is 5.56 Å². The van der Waals surface area contributed by atoms with E-state index in [1.54, 1.807) is 0 Å². The molecule has 0 aliphatic carbocycles. The highest BCUT2D eigenvalue weighted by atomic mass is 15.0. The summed E-state index contributed by atoms with van der Waals surface area (Å²) in [5.74, 6) is 0. The quantitative estimate of drug-likeness (QED) is 0.632. The number of benzene rings is 1. The summed E-state index contributed by atoms with van der Waals surface area (Å²) in [6.07, 6.45) is 5.85. The molecule has 0 fully saturated rings. The molecule has 0 unspecified atom stereocenters. The van der Waals surface area contributed by atoms with Gasteiger partial charge in [0.05, 0.1) is 11.7 Å². The average molecular weight is 208 g/mol. The van der Waals surface area contributed by atoms with Crippen LogP contribution in [-0.2, 0) is 6.54 Å². The number of pyridine rings is 1. The van der Waals surface area contributed by atoms with Crippen LogP contribution in [0.15, 0.2) is 61.1 Å². The van der Waals surface area contributed by atoms with E-state index in [9.17, 15) is 0 Å². The highest BCUT2D eigenvalue weighted by Gasteiger charge is 2.00. The Kier molecular flexibility index (Phi) is 2.18. The lowest BCUT2D eigenvalue weighted by Gasteiger charge is -2.04. The van der Waals surface area contributed by atoms with E-state index in [1.165, 1.54) is 16.5 Å². The normalized spacial score (nSPS) is 10.8. The van der Waals surface area contributed by atoms with Gasteiger partial charge in [0.2, 0.25) is 0 Å². The van der Waals surface area contributed by atoms with Crippen LogP contribution < -0.4 is 0 Å². The summed E-state index contributed by atoms with van der Waals surface area (Å²) in [6.45, 7) is 0.899. The van der Waals surface area contributed by atoms with Crippen LogP contribution in [0.2, 0.25) is 0 Å². The molecule has 2 aromatic heterocycles. The Morgan fingerprint density at radius 3 is 2.75 bits per heavy atom. The molecule has 0 saturated heterocycles. The van der Waals surface area contributed by atoms with Crippen molar-refractivity contribution in [3.8, 4) is 0 Å². The summed E-state index contributed by atoms with van der Waals surface area (Å²) in [5.41, 5.74) is 2.50. The zero-order valence-corrected chi connectivity index (χ0v) is 8.88. The van der Waals surface area contributed by atoms with Crippen LogP contribution in [0.5, 0.6) is 0 Å². The monoisotopic (exact) mass is 208 g/mol. The first kappa shape index (κ1) is 9.16. The van der Waals surface area contributed by atoms with E-state index in [0.717, 1.165) is 6.54 Å². The lowest BCUT2D eigenvalue weighted by molar-refractivity contribution is 0.835. The minimum atomic E-state index is 0.899. The van der Waals surface area contributed by atoms with E-state index < -0.39 is 0 Å². The second kappa shape index (κ2) is 3.81. The van der Waals surface area contributed by atoms with Gasteiger partial charge in [0, 0.05) is 24.3 Å². The maximum absolute atomic E-state index is 4.17. The van der Waals surface area contributed by atoms with Gasteiger partial charge in [0.25, 0.3) is 0 Å². The highest BCUT2D eigenvalue weighted by Crippen LogP contribution is 2.15. The van der Waals surface area contributed by atoms with Crippen molar-refractivity contribution in [2.45, 2.75) is 6.54 Å². The molecule has 0 aliphatic rings. The second-order valence-corrected chi connectivity index (χ2v) is 3.86. The Balaban J connectivity index is 2.01. The van der Waals surface area contributed by atoms with Gasteiger partial charge in [-0.1, -0.05) is 30.3 Å². The van der Waals surface area contributed by atoms with Gasteiger partial charge in [-0.15, -0.1) is 0 Å². The summed E-state index contributed by atoms with van der Waals surface area (Å²) in [6, 6.07) is 14.6. The SMILES string of the molecule is c1ccc(Cn2ccc3ccncc32)cc1. The van der Waals surface area contributed by atoms with Gasteiger partial charge in [-0.05, 0) is 17.7 Å². The Hall–Kier alpha value is -2.09. The number of hydrogen-bond donors (Lipinski definition) is 0. The fraction of sp³-hybridized carbons (Fsp3) is 0.0714. The molecule has 0 bridgehead atoms. The number of nitrogens with zero attached hydrogens (tertiary/aromatic N) is 2. The van der Waals surface area contributed by atoms with E-state index in [1.807, 2.05) is 24.5 Å². The van der Waals surface area contributed by atoms with E-state index in [2.05, 4.69) is 46.1 Å². The van der Waals surface area contributed by atoms with Gasteiger partial charge in [0.15, 0.2) is 0 Å². The van der Waals surface area contributed by atoms with Gasteiger partial charge in [0.1, 0.15) is 0 Å². The Morgan fingerprint density at radius 1 is 1.00 bits per heavy atom. The van der Waals surface area contributed by atoms with Crippen LogP contribution in [0.4, 0.5) is 0 Å². The third-order valence-corrected chi connectivity index (χ3v) is 2.77. The van der Waals surface area contributed by atoms with E-state index in [4.69, 9.17) is 0 Å². The molecule has 0 radical (unpaired) electrons. The highest BCUT2D eigenvalue weighted by molar-refractivity contribution is 5.78. The summed E-state index contributed by atoms with van der Waals surface area (Å²) in [4.78, 5) is 4.17. The minimum absolute atomic E-state index is 0.899. The summed E-state index contributed by atoms with van der Waals surface area (Å²) in [5, 5.41) is 1.24.